The largest absolute Gasteiger partial charge is 0.479 e. The molecule has 0 aromatic heterocycles. The Bertz CT molecular complexity index is 728. The van der Waals surface area contributed by atoms with Gasteiger partial charge in [0.15, 0.2) is 6.10 Å². The van der Waals surface area contributed by atoms with Crippen molar-refractivity contribution in [3.63, 3.8) is 0 Å². The highest BCUT2D eigenvalue weighted by molar-refractivity contribution is 5.73. The van der Waals surface area contributed by atoms with Crippen LogP contribution in [-0.2, 0) is 21.6 Å². The van der Waals surface area contributed by atoms with E-state index in [2.05, 4.69) is 26.7 Å². The number of benzene rings is 1. The van der Waals surface area contributed by atoms with E-state index in [4.69, 9.17) is 11.2 Å². The summed E-state index contributed by atoms with van der Waals surface area (Å²) in [6, 6.07) is 5.52. The fourth-order valence-electron chi connectivity index (χ4n) is 4.37. The first-order valence-electron chi connectivity index (χ1n) is 10.2. The second kappa shape index (κ2) is 8.68. The molecule has 0 saturated heterocycles. The number of aliphatic carboxylic acids is 1. The molecule has 1 fully saturated rings. The van der Waals surface area contributed by atoms with Gasteiger partial charge in [-0.1, -0.05) is 38.8 Å². The maximum atomic E-state index is 11.7. The van der Waals surface area contributed by atoms with Crippen LogP contribution in [-0.4, -0.2) is 28.4 Å². The Labute approximate surface area is 169 Å². The summed E-state index contributed by atoms with van der Waals surface area (Å²) in [4.78, 5) is 11.7. The van der Waals surface area contributed by atoms with E-state index in [1.807, 2.05) is 32.0 Å². The molecule has 0 bridgehead atoms. The summed E-state index contributed by atoms with van der Waals surface area (Å²) >= 11 is 0. The van der Waals surface area contributed by atoms with Crippen molar-refractivity contribution in [2.24, 2.45) is 11.3 Å². The number of aliphatic hydroxyl groups is 1. The predicted molar refractivity (Wildman–Crippen MR) is 111 cm³/mol. The van der Waals surface area contributed by atoms with E-state index >= 15 is 0 Å². The van der Waals surface area contributed by atoms with Gasteiger partial charge in [-0.2, -0.15) is 0 Å². The Kier molecular flexibility index (Phi) is 6.96. The molecule has 154 valence electrons. The van der Waals surface area contributed by atoms with Gasteiger partial charge in [-0.15, -0.1) is 6.42 Å². The van der Waals surface area contributed by atoms with Crippen molar-refractivity contribution in [2.45, 2.75) is 84.5 Å². The van der Waals surface area contributed by atoms with Gasteiger partial charge in [0.1, 0.15) is 0 Å². The lowest BCUT2D eigenvalue weighted by Gasteiger charge is -2.42. The zero-order valence-electron chi connectivity index (χ0n) is 17.8. The number of ether oxygens (including phenoxy) is 1. The lowest BCUT2D eigenvalue weighted by Crippen LogP contribution is -2.37. The van der Waals surface area contributed by atoms with Gasteiger partial charge in [0.05, 0.1) is 11.7 Å². The first kappa shape index (κ1) is 22.5. The summed E-state index contributed by atoms with van der Waals surface area (Å²) in [5, 5.41) is 21.1. The average molecular weight is 387 g/mol. The third-order valence-electron chi connectivity index (χ3n) is 5.93. The average Bonchev–Trinajstić information content (AvgIpc) is 2.59. The molecule has 1 aliphatic carbocycles. The fraction of sp³-hybridized carbons (Fsp3) is 0.625. The molecule has 0 radical (unpaired) electrons. The van der Waals surface area contributed by atoms with Crippen molar-refractivity contribution in [2.75, 3.05) is 0 Å². The smallest absolute Gasteiger partial charge is 0.333 e. The monoisotopic (exact) mass is 386 g/mol. The van der Waals surface area contributed by atoms with Gasteiger partial charge in [-0.25, -0.2) is 4.79 Å². The van der Waals surface area contributed by atoms with Crippen molar-refractivity contribution < 1.29 is 19.7 Å². The van der Waals surface area contributed by atoms with Crippen molar-refractivity contribution in [1.82, 2.24) is 0 Å². The van der Waals surface area contributed by atoms with Crippen LogP contribution in [0.2, 0.25) is 0 Å². The highest BCUT2D eigenvalue weighted by atomic mass is 16.5. The minimum absolute atomic E-state index is 0.184. The van der Waals surface area contributed by atoms with E-state index in [0.717, 1.165) is 18.4 Å². The molecule has 1 aromatic carbocycles. The van der Waals surface area contributed by atoms with Crippen molar-refractivity contribution in [3.05, 3.63) is 34.9 Å². The van der Waals surface area contributed by atoms with Crippen LogP contribution in [0, 0.1) is 23.7 Å². The van der Waals surface area contributed by atoms with E-state index < -0.39 is 17.7 Å². The van der Waals surface area contributed by atoms with E-state index in [1.165, 1.54) is 0 Å². The molecule has 0 heterocycles. The summed E-state index contributed by atoms with van der Waals surface area (Å²) in [5.41, 5.74) is 1.29. The van der Waals surface area contributed by atoms with E-state index in [-0.39, 0.29) is 17.9 Å². The van der Waals surface area contributed by atoms with Gasteiger partial charge >= 0.3 is 5.97 Å². The summed E-state index contributed by atoms with van der Waals surface area (Å²) in [7, 11) is 0. The van der Waals surface area contributed by atoms with Gasteiger partial charge in [-0.3, -0.25) is 0 Å². The van der Waals surface area contributed by atoms with E-state index in [0.29, 0.717) is 29.9 Å². The first-order chi connectivity index (χ1) is 13.0. The maximum absolute atomic E-state index is 11.7. The molecule has 4 nitrogen and oxygen atoms in total. The number of hydrogen-bond donors (Lipinski definition) is 2. The summed E-state index contributed by atoms with van der Waals surface area (Å²) in [6.45, 7) is 10.3. The molecular formula is C24H34O4. The van der Waals surface area contributed by atoms with Gasteiger partial charge in [-0.05, 0) is 62.5 Å². The number of carboxylic acid groups (broad SMARTS) is 1. The Morgan fingerprint density at radius 1 is 1.32 bits per heavy atom. The van der Waals surface area contributed by atoms with Crippen LogP contribution in [0.25, 0.3) is 0 Å². The topological polar surface area (TPSA) is 66.8 Å². The molecule has 0 amide bonds. The van der Waals surface area contributed by atoms with Crippen LogP contribution in [0.15, 0.2) is 18.2 Å². The molecule has 0 spiro atoms. The van der Waals surface area contributed by atoms with Crippen molar-refractivity contribution in [3.8, 4) is 12.3 Å². The summed E-state index contributed by atoms with van der Waals surface area (Å²) in [6.07, 6.45) is 7.85. The second-order valence-electron chi connectivity index (χ2n) is 9.37. The van der Waals surface area contributed by atoms with E-state index in [9.17, 15) is 15.0 Å². The normalized spacial score (nSPS) is 24.0. The molecule has 1 atom stereocenters. The number of carboxylic acids is 1. The Hall–Kier alpha value is -1.83. The number of rotatable bonds is 6. The molecule has 1 unspecified atom stereocenters. The quantitative estimate of drug-likeness (QED) is 0.706. The maximum Gasteiger partial charge on any atom is 0.333 e. The van der Waals surface area contributed by atoms with E-state index in [1.54, 1.807) is 0 Å². The zero-order chi connectivity index (χ0) is 21.1. The third-order valence-corrected chi connectivity index (χ3v) is 5.93. The minimum atomic E-state index is -1.03. The molecular weight excluding hydrogens is 352 g/mol. The number of carbonyl (C=O) groups is 1. The van der Waals surface area contributed by atoms with Gasteiger partial charge in [0.2, 0.25) is 0 Å². The predicted octanol–water partition coefficient (Wildman–Crippen LogP) is 4.51. The first-order valence-corrected chi connectivity index (χ1v) is 10.2. The van der Waals surface area contributed by atoms with Gasteiger partial charge < -0.3 is 14.9 Å². The van der Waals surface area contributed by atoms with Crippen molar-refractivity contribution in [1.29, 1.82) is 0 Å². The molecule has 0 aliphatic heterocycles. The summed E-state index contributed by atoms with van der Waals surface area (Å²) < 4.78 is 5.59. The number of terminal acetylenes is 1. The van der Waals surface area contributed by atoms with Crippen molar-refractivity contribution >= 4 is 5.97 Å². The Morgan fingerprint density at radius 2 is 1.93 bits per heavy atom. The highest BCUT2D eigenvalue weighted by Gasteiger charge is 2.41. The number of hydrogen-bond acceptors (Lipinski definition) is 3. The third kappa shape index (κ3) is 5.16. The molecule has 2 rings (SSSR count). The molecule has 1 aromatic rings. The van der Waals surface area contributed by atoms with Crippen LogP contribution >= 0.6 is 0 Å². The lowest BCUT2D eigenvalue weighted by molar-refractivity contribution is -0.153. The molecule has 4 heteroatoms. The van der Waals surface area contributed by atoms with Crippen LogP contribution in [0.3, 0.4) is 0 Å². The molecule has 2 N–H and O–H groups in total. The van der Waals surface area contributed by atoms with Gasteiger partial charge in [0, 0.05) is 17.5 Å². The molecule has 1 saturated carbocycles. The molecule has 1 aliphatic rings. The zero-order valence-corrected chi connectivity index (χ0v) is 17.8. The van der Waals surface area contributed by atoms with Crippen LogP contribution in [0.5, 0.6) is 0 Å². The summed E-state index contributed by atoms with van der Waals surface area (Å²) in [5.74, 6) is 2.24. The molecule has 28 heavy (non-hydrogen) atoms. The SMILES string of the molecule is C#Cc1cccc(CC(OC(C)C)C(=O)O)c1C1(O)CCC(C(C)(C)C)CC1. The minimum Gasteiger partial charge on any atom is -0.479 e. The second-order valence-corrected chi connectivity index (χ2v) is 9.37. The highest BCUT2D eigenvalue weighted by Crippen LogP contribution is 2.47. The van der Waals surface area contributed by atoms with Crippen LogP contribution < -0.4 is 0 Å². The lowest BCUT2D eigenvalue weighted by atomic mass is 9.65. The fourth-order valence-corrected chi connectivity index (χ4v) is 4.37. The Morgan fingerprint density at radius 3 is 2.39 bits per heavy atom. The van der Waals surface area contributed by atoms with Crippen LogP contribution in [0.1, 0.15) is 77.0 Å². The van der Waals surface area contributed by atoms with Gasteiger partial charge in [0.25, 0.3) is 0 Å². The van der Waals surface area contributed by atoms with Crippen LogP contribution in [0.4, 0.5) is 0 Å². The standard InChI is InChI=1S/C24H34O4/c1-7-17-9-8-10-18(15-20(22(25)26)28-16(2)3)21(17)24(27)13-11-19(12-14-24)23(4,5)6/h1,8-10,16,19-20,27H,11-15H2,2-6H3,(H,25,26). The Balaban J connectivity index is 2.38.